The monoisotopic (exact) mass is 696 g/mol. The molecule has 0 saturated carbocycles. The molecule has 0 saturated heterocycles. The van der Waals surface area contributed by atoms with Crippen LogP contribution in [0.4, 0.5) is 0 Å². The minimum Gasteiger partial charge on any atom is -0.509 e. The fourth-order valence-corrected chi connectivity index (χ4v) is 6.33. The average molecular weight is 697 g/mol. The Morgan fingerprint density at radius 1 is 0.761 bits per heavy atom. The second-order valence-electron chi connectivity index (χ2n) is 11.1. The molecule has 0 fully saturated rings. The van der Waals surface area contributed by atoms with Crippen molar-refractivity contribution in [3.05, 3.63) is 126 Å². The van der Waals surface area contributed by atoms with E-state index in [1.807, 2.05) is 53.2 Å². The summed E-state index contributed by atoms with van der Waals surface area (Å²) >= 11 is 0. The number of methoxy groups -OCH3 is 1. The maximum Gasteiger partial charge on any atom is 2.00 e. The van der Waals surface area contributed by atoms with Gasteiger partial charge in [0.2, 0.25) is 0 Å². The summed E-state index contributed by atoms with van der Waals surface area (Å²) in [6, 6.07) is 35.5. The van der Waals surface area contributed by atoms with Gasteiger partial charge >= 0.3 is 20.4 Å². The van der Waals surface area contributed by atoms with Crippen molar-refractivity contribution in [3.8, 4) is 39.9 Å². The smallest absolute Gasteiger partial charge is 0.509 e. The summed E-state index contributed by atoms with van der Waals surface area (Å²) < 4.78 is 16.1. The van der Waals surface area contributed by atoms with Gasteiger partial charge in [-0.3, -0.25) is 4.68 Å². The molecule has 0 bridgehead atoms. The molecule has 0 amide bonds. The predicted octanol–water partition coefficient (Wildman–Crippen LogP) is 9.17. The van der Waals surface area contributed by atoms with Gasteiger partial charge in [0.25, 0.3) is 0 Å². The number of aromatic nitrogens is 4. The van der Waals surface area contributed by atoms with Crippen LogP contribution in [0.1, 0.15) is 36.4 Å². The van der Waals surface area contributed by atoms with E-state index in [1.54, 1.807) is 13.3 Å². The Kier molecular flexibility index (Phi) is 8.82. The summed E-state index contributed by atoms with van der Waals surface area (Å²) in [6.07, 6.45) is 3.43. The maximum atomic E-state index is 6.43. The van der Waals surface area contributed by atoms with Crippen molar-refractivity contribution in [2.75, 3.05) is 7.11 Å². The SMILES string of the molecule is CCc1nn(-c2[c-]c(Oc3[c-]c4c(cc3)c3ccccc3n4-c3cc(OC)ccn3)ccc2)c(CC)c1-c1c(C)cccc1C.[Pd+2]. The molecule has 0 aliphatic heterocycles. The van der Waals surface area contributed by atoms with Gasteiger partial charge in [0, 0.05) is 40.5 Å². The van der Waals surface area contributed by atoms with E-state index in [4.69, 9.17) is 14.6 Å². The fraction of sp³-hybridized carbons (Fsp3) is 0.179. The first-order valence-electron chi connectivity index (χ1n) is 15.3. The Labute approximate surface area is 283 Å². The number of benzene rings is 4. The topological polar surface area (TPSA) is 54.1 Å². The number of hydrogen-bond donors (Lipinski definition) is 0. The quantitative estimate of drug-likeness (QED) is 0.118. The number of hydrogen-bond acceptors (Lipinski definition) is 4. The first-order chi connectivity index (χ1) is 22.0. The summed E-state index contributed by atoms with van der Waals surface area (Å²) in [5.41, 5.74) is 10.0. The molecule has 232 valence electrons. The third-order valence-electron chi connectivity index (χ3n) is 8.39. The normalized spacial score (nSPS) is 11.2. The molecule has 6 nitrogen and oxygen atoms in total. The van der Waals surface area contributed by atoms with Crippen molar-refractivity contribution in [3.63, 3.8) is 0 Å². The largest absolute Gasteiger partial charge is 2.00 e. The second-order valence-corrected chi connectivity index (χ2v) is 11.1. The van der Waals surface area contributed by atoms with Gasteiger partial charge in [-0.05, 0) is 66.6 Å². The van der Waals surface area contributed by atoms with Crippen LogP contribution in [0.25, 0.3) is 44.4 Å². The zero-order valence-electron chi connectivity index (χ0n) is 26.5. The van der Waals surface area contributed by atoms with E-state index in [0.29, 0.717) is 11.5 Å². The van der Waals surface area contributed by atoms with Crippen LogP contribution in [0.2, 0.25) is 0 Å². The molecule has 0 unspecified atom stereocenters. The van der Waals surface area contributed by atoms with Crippen molar-refractivity contribution in [1.82, 2.24) is 19.3 Å². The Bertz CT molecular complexity index is 2180. The molecule has 0 aliphatic carbocycles. The van der Waals surface area contributed by atoms with Gasteiger partial charge in [-0.15, -0.1) is 35.7 Å². The van der Waals surface area contributed by atoms with Crippen molar-refractivity contribution >= 4 is 21.8 Å². The van der Waals surface area contributed by atoms with Crippen LogP contribution in [0, 0.1) is 26.0 Å². The summed E-state index contributed by atoms with van der Waals surface area (Å²) in [5.74, 6) is 2.67. The molecule has 3 aromatic heterocycles. The van der Waals surface area contributed by atoms with Crippen molar-refractivity contribution in [1.29, 1.82) is 0 Å². The molecule has 0 aliphatic rings. The number of aryl methyl sites for hydroxylation is 3. The molecule has 0 atom stereocenters. The number of pyridine rings is 1. The van der Waals surface area contributed by atoms with Crippen molar-refractivity contribution in [2.24, 2.45) is 0 Å². The summed E-state index contributed by atoms with van der Waals surface area (Å²) in [7, 11) is 1.66. The maximum absolute atomic E-state index is 6.43. The second kappa shape index (κ2) is 13.0. The first-order valence-corrected chi connectivity index (χ1v) is 15.3. The van der Waals surface area contributed by atoms with Crippen molar-refractivity contribution in [2.45, 2.75) is 40.5 Å². The number of rotatable bonds is 8. The molecule has 0 spiro atoms. The standard InChI is InChI=1S/C39H34N4O2.Pd/c1-6-33-39(38-25(3)12-10-13-26(38)4)34(7-2)43(41-33)27-14-11-15-29(22-27)45-30-18-19-32-31-16-8-9-17-35(31)42(36(32)23-30)37-24-28(44-5)20-21-40-37;/h8-21,24H,6-7H2,1-5H3;/q-2;+2. The molecule has 4 aromatic carbocycles. The summed E-state index contributed by atoms with van der Waals surface area (Å²) in [6.45, 7) is 8.70. The summed E-state index contributed by atoms with van der Waals surface area (Å²) in [4.78, 5) is 4.66. The van der Waals surface area contributed by atoms with Crippen LogP contribution < -0.4 is 9.47 Å². The first kappa shape index (κ1) is 31.3. The zero-order valence-corrected chi connectivity index (χ0v) is 28.1. The minimum absolute atomic E-state index is 0. The van der Waals surface area contributed by atoms with Gasteiger partial charge in [-0.25, -0.2) is 4.98 Å². The molecule has 7 aromatic rings. The van der Waals surface area contributed by atoms with Gasteiger partial charge < -0.3 is 14.0 Å². The van der Waals surface area contributed by atoms with Crippen LogP contribution in [0.3, 0.4) is 0 Å². The van der Waals surface area contributed by atoms with E-state index in [9.17, 15) is 0 Å². The molecule has 0 radical (unpaired) electrons. The zero-order chi connectivity index (χ0) is 31.1. The molecule has 46 heavy (non-hydrogen) atoms. The van der Waals surface area contributed by atoms with E-state index in [1.165, 1.54) is 27.9 Å². The van der Waals surface area contributed by atoms with E-state index >= 15 is 0 Å². The van der Waals surface area contributed by atoms with Crippen LogP contribution in [0.15, 0.2) is 91.1 Å². The van der Waals surface area contributed by atoms with Crippen LogP contribution in [-0.2, 0) is 33.3 Å². The number of ether oxygens (including phenoxy) is 2. The van der Waals surface area contributed by atoms with Crippen LogP contribution in [0.5, 0.6) is 17.2 Å². The van der Waals surface area contributed by atoms with Gasteiger partial charge in [-0.1, -0.05) is 55.8 Å². The number of fused-ring (bicyclic) bond motifs is 3. The van der Waals surface area contributed by atoms with E-state index < -0.39 is 0 Å². The summed E-state index contributed by atoms with van der Waals surface area (Å²) in [5, 5.41) is 7.28. The van der Waals surface area contributed by atoms with E-state index in [0.717, 1.165) is 57.6 Å². The average Bonchev–Trinajstić information content (AvgIpc) is 3.60. The Hall–Kier alpha value is -4.70. The van der Waals surface area contributed by atoms with Crippen LogP contribution >= 0.6 is 0 Å². The Balaban J connectivity index is 0.00000372. The molecule has 7 heteroatoms. The number of para-hydroxylation sites is 1. The molecule has 7 rings (SSSR count). The minimum atomic E-state index is 0. The molecular formula is C39H34N4O2Pd. The molecule has 0 N–H and O–H groups in total. The molecular weight excluding hydrogens is 663 g/mol. The Morgan fingerprint density at radius 2 is 1.52 bits per heavy atom. The Morgan fingerprint density at radius 3 is 2.28 bits per heavy atom. The van der Waals surface area contributed by atoms with Gasteiger partial charge in [-0.2, -0.15) is 17.2 Å². The van der Waals surface area contributed by atoms with Crippen molar-refractivity contribution < 1.29 is 29.9 Å². The molecule has 3 heterocycles. The predicted molar refractivity (Wildman–Crippen MR) is 180 cm³/mol. The third-order valence-corrected chi connectivity index (χ3v) is 8.39. The van der Waals surface area contributed by atoms with E-state index in [-0.39, 0.29) is 20.4 Å². The fourth-order valence-electron chi connectivity index (χ4n) is 6.33. The van der Waals surface area contributed by atoms with E-state index in [2.05, 4.69) is 85.8 Å². The van der Waals surface area contributed by atoms with Gasteiger partial charge in [0.1, 0.15) is 11.6 Å². The van der Waals surface area contributed by atoms with Gasteiger partial charge in [0.05, 0.1) is 12.8 Å². The van der Waals surface area contributed by atoms with Crippen LogP contribution in [-0.4, -0.2) is 26.4 Å². The third kappa shape index (κ3) is 5.40. The number of nitrogens with zero attached hydrogens (tertiary/aromatic N) is 4. The van der Waals surface area contributed by atoms with Gasteiger partial charge in [0.15, 0.2) is 0 Å².